The average Bonchev–Trinajstić information content (AvgIpc) is 2.88. The summed E-state index contributed by atoms with van der Waals surface area (Å²) in [6.45, 7) is 7.57. The number of carbonyl (C=O) groups is 2. The molecule has 1 aliphatic heterocycles. The predicted octanol–water partition coefficient (Wildman–Crippen LogP) is 3.81. The molecule has 0 spiro atoms. The summed E-state index contributed by atoms with van der Waals surface area (Å²) in [4.78, 5) is 23.6. The Hall–Kier alpha value is -2.77. The highest BCUT2D eigenvalue weighted by Gasteiger charge is 2.37. The van der Waals surface area contributed by atoms with E-state index in [1.54, 1.807) is 4.68 Å². The molecule has 2 heterocycles. The second-order valence-electron chi connectivity index (χ2n) is 7.71. The molecule has 2 aromatic rings. The highest BCUT2D eigenvalue weighted by Crippen LogP contribution is 2.39. The smallest absolute Gasteiger partial charge is 0.308 e. The van der Waals surface area contributed by atoms with Gasteiger partial charge in [-0.2, -0.15) is 5.10 Å². The molecule has 144 valence electrons. The maximum atomic E-state index is 14.3. The van der Waals surface area contributed by atoms with Crippen LogP contribution in [0.5, 0.6) is 0 Å². The first-order chi connectivity index (χ1) is 12.5. The first-order valence-corrected chi connectivity index (χ1v) is 8.64. The van der Waals surface area contributed by atoms with Crippen molar-refractivity contribution in [3.05, 3.63) is 34.9 Å². The molecule has 1 aromatic heterocycles. The third-order valence-corrected chi connectivity index (χ3v) is 4.48. The van der Waals surface area contributed by atoms with Gasteiger partial charge in [0.1, 0.15) is 23.1 Å². The summed E-state index contributed by atoms with van der Waals surface area (Å²) in [6.07, 6.45) is -0.538. The summed E-state index contributed by atoms with van der Waals surface area (Å²) in [5.74, 6) is -2.92. The summed E-state index contributed by atoms with van der Waals surface area (Å²) in [7, 11) is 0. The van der Waals surface area contributed by atoms with Crippen LogP contribution in [0, 0.1) is 11.6 Å². The van der Waals surface area contributed by atoms with E-state index < -0.39 is 35.1 Å². The van der Waals surface area contributed by atoms with Gasteiger partial charge in [0, 0.05) is 29.1 Å². The number of hydrogen-bond acceptors (Lipinski definition) is 4. The molecule has 3 rings (SSSR count). The van der Waals surface area contributed by atoms with E-state index in [1.165, 1.54) is 0 Å². The molecule has 0 amide bonds. The number of carboxylic acids is 1. The number of carboxylic acid groups (broad SMARTS) is 1. The Labute approximate surface area is 155 Å². The Morgan fingerprint density at radius 1 is 1.33 bits per heavy atom. The lowest BCUT2D eigenvalue weighted by Crippen LogP contribution is -2.39. The number of carbonyl (C=O) groups excluding carboxylic acids is 1. The largest absolute Gasteiger partial charge is 0.481 e. The van der Waals surface area contributed by atoms with Crippen LogP contribution in [-0.4, -0.2) is 32.2 Å². The maximum Gasteiger partial charge on any atom is 0.308 e. The Balaban J connectivity index is 2.19. The van der Waals surface area contributed by atoms with E-state index >= 15 is 0 Å². The molecule has 1 aromatic carbocycles. The Morgan fingerprint density at radius 3 is 2.44 bits per heavy atom. The van der Waals surface area contributed by atoms with E-state index in [0.29, 0.717) is 11.4 Å². The van der Waals surface area contributed by atoms with Crippen LogP contribution < -0.4 is 5.32 Å². The van der Waals surface area contributed by atoms with E-state index in [-0.39, 0.29) is 29.5 Å². The second kappa shape index (κ2) is 6.44. The van der Waals surface area contributed by atoms with Crippen molar-refractivity contribution >= 4 is 17.6 Å². The van der Waals surface area contributed by atoms with Crippen LogP contribution in [0.2, 0.25) is 0 Å². The summed E-state index contributed by atoms with van der Waals surface area (Å²) in [5.41, 5.74) is -0.395. The third-order valence-electron chi connectivity index (χ3n) is 4.48. The summed E-state index contributed by atoms with van der Waals surface area (Å²) < 4.78 is 30.3. The Morgan fingerprint density at radius 2 is 1.93 bits per heavy atom. The minimum atomic E-state index is -1.33. The SMILES string of the molecule is CC(C)n1nc(-c2cc(F)c(CC(=O)O)c(F)c2)c2c1NC(C)(C)CC2=O. The molecule has 0 saturated heterocycles. The van der Waals surface area contributed by atoms with Crippen LogP contribution in [0.1, 0.15) is 56.1 Å². The third kappa shape index (κ3) is 3.43. The van der Waals surface area contributed by atoms with E-state index in [1.807, 2.05) is 27.7 Å². The van der Waals surface area contributed by atoms with Crippen molar-refractivity contribution in [2.45, 2.75) is 52.1 Å². The lowest BCUT2D eigenvalue weighted by Gasteiger charge is -2.32. The van der Waals surface area contributed by atoms with Gasteiger partial charge in [0.2, 0.25) is 0 Å². The zero-order valence-corrected chi connectivity index (χ0v) is 15.6. The van der Waals surface area contributed by atoms with Crippen LogP contribution in [0.3, 0.4) is 0 Å². The number of anilines is 1. The monoisotopic (exact) mass is 377 g/mol. The van der Waals surface area contributed by atoms with Crippen molar-refractivity contribution in [2.24, 2.45) is 0 Å². The van der Waals surface area contributed by atoms with Crippen molar-refractivity contribution in [2.75, 3.05) is 5.32 Å². The Bertz CT molecular complexity index is 925. The maximum absolute atomic E-state index is 14.3. The summed E-state index contributed by atoms with van der Waals surface area (Å²) in [5, 5.41) is 16.5. The van der Waals surface area contributed by atoms with Gasteiger partial charge < -0.3 is 10.4 Å². The lowest BCUT2D eigenvalue weighted by molar-refractivity contribution is -0.136. The van der Waals surface area contributed by atoms with E-state index in [0.717, 1.165) is 12.1 Å². The van der Waals surface area contributed by atoms with Crippen LogP contribution in [0.15, 0.2) is 12.1 Å². The molecular formula is C19H21F2N3O3. The molecule has 0 fully saturated rings. The predicted molar refractivity (Wildman–Crippen MR) is 96.0 cm³/mol. The minimum absolute atomic E-state index is 0.0809. The van der Waals surface area contributed by atoms with Crippen molar-refractivity contribution in [1.82, 2.24) is 9.78 Å². The zero-order chi connectivity index (χ0) is 20.1. The number of aromatic nitrogens is 2. The fourth-order valence-electron chi connectivity index (χ4n) is 3.31. The number of halogens is 2. The molecule has 2 N–H and O–H groups in total. The summed E-state index contributed by atoms with van der Waals surface area (Å²) >= 11 is 0. The molecule has 0 unspecified atom stereocenters. The lowest BCUT2D eigenvalue weighted by atomic mass is 9.88. The molecule has 0 saturated carbocycles. The average molecular weight is 377 g/mol. The topological polar surface area (TPSA) is 84.2 Å². The first-order valence-electron chi connectivity index (χ1n) is 8.64. The van der Waals surface area contributed by atoms with E-state index in [9.17, 15) is 18.4 Å². The second-order valence-corrected chi connectivity index (χ2v) is 7.71. The van der Waals surface area contributed by atoms with Crippen LogP contribution >= 0.6 is 0 Å². The molecule has 6 nitrogen and oxygen atoms in total. The van der Waals surface area contributed by atoms with Gasteiger partial charge in [-0.3, -0.25) is 9.59 Å². The number of aliphatic carboxylic acids is 1. The summed E-state index contributed by atoms with van der Waals surface area (Å²) in [6, 6.07) is 1.98. The van der Waals surface area contributed by atoms with Gasteiger partial charge in [-0.25, -0.2) is 13.5 Å². The molecule has 0 atom stereocenters. The van der Waals surface area contributed by atoms with Gasteiger partial charge in [-0.05, 0) is 39.8 Å². The highest BCUT2D eigenvalue weighted by atomic mass is 19.1. The Kier molecular flexibility index (Phi) is 4.53. The van der Waals surface area contributed by atoms with Gasteiger partial charge in [0.15, 0.2) is 5.78 Å². The quantitative estimate of drug-likeness (QED) is 0.846. The van der Waals surface area contributed by atoms with Gasteiger partial charge in [0.05, 0.1) is 12.0 Å². The number of Topliss-reactive ketones (excluding diaryl/α,β-unsaturated/α-hetero) is 1. The molecule has 0 radical (unpaired) electrons. The molecule has 1 aliphatic rings. The number of ketones is 1. The van der Waals surface area contributed by atoms with E-state index in [2.05, 4.69) is 10.4 Å². The number of hydrogen-bond donors (Lipinski definition) is 2. The number of fused-ring (bicyclic) bond motifs is 1. The van der Waals surface area contributed by atoms with Crippen molar-refractivity contribution in [3.8, 4) is 11.3 Å². The van der Waals surface area contributed by atoms with Crippen molar-refractivity contribution in [3.63, 3.8) is 0 Å². The molecule has 0 aliphatic carbocycles. The molecule has 0 bridgehead atoms. The molecular weight excluding hydrogens is 356 g/mol. The number of benzene rings is 1. The van der Waals surface area contributed by atoms with Crippen molar-refractivity contribution in [1.29, 1.82) is 0 Å². The minimum Gasteiger partial charge on any atom is -0.481 e. The molecule has 8 heteroatoms. The number of rotatable bonds is 4. The normalized spacial score (nSPS) is 15.6. The first kappa shape index (κ1) is 19.0. The van der Waals surface area contributed by atoms with Crippen LogP contribution in [0.4, 0.5) is 14.6 Å². The number of nitrogens with one attached hydrogen (secondary N) is 1. The highest BCUT2D eigenvalue weighted by molar-refractivity contribution is 6.08. The molecule has 27 heavy (non-hydrogen) atoms. The fourth-order valence-corrected chi connectivity index (χ4v) is 3.31. The van der Waals surface area contributed by atoms with Crippen LogP contribution in [-0.2, 0) is 11.2 Å². The van der Waals surface area contributed by atoms with Gasteiger partial charge in [-0.15, -0.1) is 0 Å². The number of nitrogens with zero attached hydrogens (tertiary/aromatic N) is 2. The van der Waals surface area contributed by atoms with Gasteiger partial charge in [0.25, 0.3) is 0 Å². The van der Waals surface area contributed by atoms with Gasteiger partial charge >= 0.3 is 5.97 Å². The fraction of sp³-hybridized carbons (Fsp3) is 0.421. The van der Waals surface area contributed by atoms with Gasteiger partial charge in [-0.1, -0.05) is 0 Å². The van der Waals surface area contributed by atoms with Crippen LogP contribution in [0.25, 0.3) is 11.3 Å². The van der Waals surface area contributed by atoms with E-state index in [4.69, 9.17) is 5.11 Å². The standard InChI is InChI=1S/C19H21F2N3O3/c1-9(2)24-18-16(14(25)8-19(3,4)22-18)17(23-24)10-5-12(20)11(7-15(26)27)13(21)6-10/h5-6,9,22H,7-8H2,1-4H3,(H,26,27). The zero-order valence-electron chi connectivity index (χ0n) is 15.6. The van der Waals surface area contributed by atoms with Crippen molar-refractivity contribution < 1.29 is 23.5 Å².